The van der Waals surface area contributed by atoms with Gasteiger partial charge in [0.15, 0.2) is 0 Å². The van der Waals surface area contributed by atoms with Crippen LogP contribution in [0.25, 0.3) is 0 Å². The van der Waals surface area contributed by atoms with Gasteiger partial charge in [-0.2, -0.15) is 0 Å². The molecule has 0 N–H and O–H groups in total. The Balaban J connectivity index is 0. The van der Waals surface area contributed by atoms with E-state index in [1.54, 1.807) is 0 Å². The molecule has 0 aromatic rings. The van der Waals surface area contributed by atoms with Crippen molar-refractivity contribution in [1.82, 2.24) is 0 Å². The Kier molecular flexibility index (Phi) is 459. The maximum atomic E-state index is 0. The molecule has 0 aromatic heterocycles. The molecule has 32 valence electrons. The van der Waals surface area contributed by atoms with Crippen LogP contribution in [0.2, 0.25) is 0 Å². The van der Waals surface area contributed by atoms with Crippen molar-refractivity contribution in [3.05, 3.63) is 0 Å². The third-order valence-electron chi connectivity index (χ3n) is 0. The molecule has 0 unspecified atom stereocenters. The summed E-state index contributed by atoms with van der Waals surface area (Å²) in [5.41, 5.74) is 0. The Hall–Kier alpha value is 2.03. The number of hydrogen-bond donors (Lipinski definition) is 0. The molecule has 0 aliphatic carbocycles. The fourth-order valence-corrected chi connectivity index (χ4v) is 0. The number of hydrogen-bond acceptors (Lipinski definition) is 0. The van der Waals surface area contributed by atoms with Crippen molar-refractivity contribution in [2.75, 3.05) is 0 Å². The van der Waals surface area contributed by atoms with Gasteiger partial charge in [-0.15, -0.1) is 0 Å². The summed E-state index contributed by atoms with van der Waals surface area (Å²) in [6.07, 6.45) is 0. The molecule has 0 nitrogen and oxygen atoms in total. The van der Waals surface area contributed by atoms with Crippen molar-refractivity contribution in [3.63, 3.8) is 0 Å². The van der Waals surface area contributed by atoms with Crippen LogP contribution in [-0.4, -0.2) is 25.8 Å². The minimum atomic E-state index is 0. The molecule has 0 saturated heterocycles. The molecule has 0 heterocycles. The van der Waals surface area contributed by atoms with Gasteiger partial charge in [0.2, 0.25) is 0 Å². The van der Waals surface area contributed by atoms with Crippen LogP contribution in [-0.2, 0) is 0 Å². The van der Waals surface area contributed by atoms with Crippen LogP contribution in [0.3, 0.4) is 0 Å². The summed E-state index contributed by atoms with van der Waals surface area (Å²) in [5.74, 6) is 0. The summed E-state index contributed by atoms with van der Waals surface area (Å²) in [6, 6.07) is 0. The molecule has 5 heavy (non-hydrogen) atoms. The molecule has 0 aromatic carbocycles. The minimum Gasteiger partial charge on any atom is -1.00 e. The third-order valence-corrected chi connectivity index (χ3v) is 0. The maximum absolute atomic E-state index is 0. The van der Waals surface area contributed by atoms with Crippen LogP contribution in [0.1, 0.15) is 0 Å². The van der Waals surface area contributed by atoms with E-state index in [2.05, 4.69) is 0 Å². The van der Waals surface area contributed by atoms with Crippen LogP contribution in [0, 0.1) is 0 Å². The van der Waals surface area contributed by atoms with Crippen molar-refractivity contribution in [2.24, 2.45) is 0 Å². The molecule has 0 aliphatic rings. The van der Waals surface area contributed by atoms with Gasteiger partial charge in [0, 0.05) is 0 Å². The van der Waals surface area contributed by atoms with Gasteiger partial charge in [0.25, 0.3) is 0 Å². The second-order valence-electron chi connectivity index (χ2n) is 0. The van der Waals surface area contributed by atoms with Crippen molar-refractivity contribution in [1.29, 1.82) is 0 Å². The topological polar surface area (TPSA) is 0 Å². The maximum Gasteiger partial charge on any atom is 3.00 e. The second kappa shape index (κ2) is 37.0. The number of rotatable bonds is 0. The smallest absolute Gasteiger partial charge is 1.00 e. The van der Waals surface area contributed by atoms with Crippen molar-refractivity contribution in [3.8, 4) is 0 Å². The van der Waals surface area contributed by atoms with Gasteiger partial charge in [0.05, 0.1) is 0 Å². The predicted molar refractivity (Wildman–Crippen MR) is 5.75 cm³/mol. The summed E-state index contributed by atoms with van der Waals surface area (Å²) in [6.45, 7) is 0. The molecule has 0 atom stereocenters. The molecule has 0 rings (SSSR count). The number of halogens is 4. The Morgan fingerprint density at radius 3 is 0.400 bits per heavy atom. The molecule has 0 radical (unpaired) electrons. The van der Waals surface area contributed by atoms with Crippen LogP contribution in [0.4, 0.5) is 0 Å². The van der Waals surface area contributed by atoms with E-state index in [4.69, 9.17) is 0 Å². The van der Waals surface area contributed by atoms with Crippen LogP contribution >= 0.6 is 0 Å². The summed E-state index contributed by atoms with van der Waals surface area (Å²) in [4.78, 5) is 0. The van der Waals surface area contributed by atoms with E-state index in [1.165, 1.54) is 0 Å². The summed E-state index contributed by atoms with van der Waals surface area (Å²) >= 11 is 0. The van der Waals surface area contributed by atoms with Gasteiger partial charge in [-0.25, -0.2) is 0 Å². The Morgan fingerprint density at radius 1 is 0.400 bits per heavy atom. The van der Waals surface area contributed by atoms with Gasteiger partial charge in [-0.1, -0.05) is 0 Å². The molecular formula is Cl4In-. The SMILES string of the molecule is [Cl-].[Cl-].[Cl-].[Cl-].[In+3]. The molecule has 0 aliphatic heterocycles. The van der Waals surface area contributed by atoms with Crippen molar-refractivity contribution in [2.45, 2.75) is 0 Å². The summed E-state index contributed by atoms with van der Waals surface area (Å²) in [5, 5.41) is 0. The van der Waals surface area contributed by atoms with Crippen LogP contribution in [0.15, 0.2) is 0 Å². The van der Waals surface area contributed by atoms with Crippen LogP contribution < -0.4 is 49.6 Å². The first-order valence-electron chi connectivity index (χ1n) is 0. The fraction of sp³-hybridized carbons (Fsp3) is 0. The van der Waals surface area contributed by atoms with Crippen molar-refractivity contribution >= 4 is 25.8 Å². The second-order valence-corrected chi connectivity index (χ2v) is 0. The molecule has 5 heteroatoms. The van der Waals surface area contributed by atoms with Crippen molar-refractivity contribution < 1.29 is 49.6 Å². The largest absolute Gasteiger partial charge is 3.00 e. The first kappa shape index (κ1) is 62.0. The van der Waals surface area contributed by atoms with E-state index in [1.807, 2.05) is 0 Å². The van der Waals surface area contributed by atoms with Gasteiger partial charge < -0.3 is 49.6 Å². The van der Waals surface area contributed by atoms with E-state index >= 15 is 0 Å². The normalized spacial score (nSPS) is 0. The quantitative estimate of drug-likeness (QED) is 0.404. The molecule has 0 bridgehead atoms. The molecular weight excluding hydrogens is 257 g/mol. The first-order chi connectivity index (χ1) is 0. The van der Waals surface area contributed by atoms with E-state index < -0.39 is 0 Å². The zero-order chi connectivity index (χ0) is 0. The monoisotopic (exact) mass is 255 g/mol. The zero-order valence-corrected chi connectivity index (χ0v) is 8.41. The van der Waals surface area contributed by atoms with Gasteiger partial charge >= 0.3 is 25.8 Å². The van der Waals surface area contributed by atoms with E-state index in [0.29, 0.717) is 0 Å². The zero-order valence-electron chi connectivity index (χ0n) is 2.09. The Morgan fingerprint density at radius 2 is 0.400 bits per heavy atom. The fourth-order valence-electron chi connectivity index (χ4n) is 0. The van der Waals surface area contributed by atoms with Gasteiger partial charge in [-0.05, 0) is 0 Å². The minimum absolute atomic E-state index is 0. The summed E-state index contributed by atoms with van der Waals surface area (Å²) < 4.78 is 0. The average molecular weight is 257 g/mol. The summed E-state index contributed by atoms with van der Waals surface area (Å²) in [7, 11) is 0. The first-order valence-corrected chi connectivity index (χ1v) is 0. The van der Waals surface area contributed by atoms with E-state index in [9.17, 15) is 0 Å². The predicted octanol–water partition coefficient (Wildman–Crippen LogP) is -12.4. The third kappa shape index (κ3) is 23.8. The van der Waals surface area contributed by atoms with E-state index in [0.717, 1.165) is 0 Å². The molecule has 0 amide bonds. The molecule has 0 spiro atoms. The van der Waals surface area contributed by atoms with E-state index in [-0.39, 0.29) is 75.5 Å². The Bertz CT molecular complexity index is 3.61. The Labute approximate surface area is 74.9 Å². The molecule has 0 saturated carbocycles. The standard InChI is InChI=1S/4ClH.In/h4*1H;/q;;;;+3/p-4. The average Bonchev–Trinajstić information content (AvgIpc) is 0. The van der Waals surface area contributed by atoms with Gasteiger partial charge in [-0.3, -0.25) is 0 Å². The van der Waals surface area contributed by atoms with Gasteiger partial charge in [0.1, 0.15) is 0 Å². The molecule has 0 fully saturated rings. The van der Waals surface area contributed by atoms with Crippen LogP contribution in [0.5, 0.6) is 0 Å².